The standard InChI is InChI=1S/C13H26N4S/c1-3-4-5-6-7-8-9-10-18-13-16-15-12(11-14)17(13)2/h3-11,14H2,1-2H3. The van der Waals surface area contributed by atoms with Crippen LogP contribution in [0.5, 0.6) is 0 Å². The highest BCUT2D eigenvalue weighted by Crippen LogP contribution is 2.18. The molecule has 0 radical (unpaired) electrons. The number of aromatic nitrogens is 3. The van der Waals surface area contributed by atoms with Crippen molar-refractivity contribution in [2.45, 2.75) is 63.6 Å². The first kappa shape index (κ1) is 15.5. The topological polar surface area (TPSA) is 56.7 Å². The minimum Gasteiger partial charge on any atom is -0.324 e. The van der Waals surface area contributed by atoms with Gasteiger partial charge in [-0.1, -0.05) is 57.2 Å². The third kappa shape index (κ3) is 5.40. The van der Waals surface area contributed by atoms with E-state index < -0.39 is 0 Å². The van der Waals surface area contributed by atoms with E-state index in [-0.39, 0.29) is 0 Å². The van der Waals surface area contributed by atoms with Gasteiger partial charge in [0.05, 0.1) is 6.54 Å². The monoisotopic (exact) mass is 270 g/mol. The van der Waals surface area contributed by atoms with Crippen LogP contribution in [0.25, 0.3) is 0 Å². The second-order valence-corrected chi connectivity index (χ2v) is 5.69. The van der Waals surface area contributed by atoms with Crippen molar-refractivity contribution in [3.05, 3.63) is 5.82 Å². The average Bonchev–Trinajstić information content (AvgIpc) is 2.73. The lowest BCUT2D eigenvalue weighted by molar-refractivity contribution is 0.603. The molecule has 18 heavy (non-hydrogen) atoms. The highest BCUT2D eigenvalue weighted by Gasteiger charge is 2.06. The van der Waals surface area contributed by atoms with Gasteiger partial charge >= 0.3 is 0 Å². The predicted octanol–water partition coefficient (Wildman–Crippen LogP) is 3.12. The van der Waals surface area contributed by atoms with Crippen molar-refractivity contribution in [2.75, 3.05) is 5.75 Å². The van der Waals surface area contributed by atoms with Crippen LogP contribution in [0.1, 0.15) is 57.7 Å². The average molecular weight is 270 g/mol. The smallest absolute Gasteiger partial charge is 0.190 e. The zero-order valence-electron chi connectivity index (χ0n) is 11.7. The summed E-state index contributed by atoms with van der Waals surface area (Å²) in [4.78, 5) is 0. The summed E-state index contributed by atoms with van der Waals surface area (Å²) in [6, 6.07) is 0. The molecule has 0 aromatic carbocycles. The van der Waals surface area contributed by atoms with Crippen molar-refractivity contribution in [2.24, 2.45) is 12.8 Å². The molecule has 0 unspecified atom stereocenters. The Morgan fingerprint density at radius 1 is 1.06 bits per heavy atom. The molecule has 4 nitrogen and oxygen atoms in total. The van der Waals surface area contributed by atoms with Crippen LogP contribution < -0.4 is 5.73 Å². The number of thioether (sulfide) groups is 1. The quantitative estimate of drug-likeness (QED) is 0.524. The van der Waals surface area contributed by atoms with Gasteiger partial charge in [-0.25, -0.2) is 0 Å². The molecule has 0 aliphatic carbocycles. The van der Waals surface area contributed by atoms with Crippen molar-refractivity contribution < 1.29 is 0 Å². The highest BCUT2D eigenvalue weighted by atomic mass is 32.2. The van der Waals surface area contributed by atoms with Crippen molar-refractivity contribution in [3.8, 4) is 0 Å². The summed E-state index contributed by atoms with van der Waals surface area (Å²) in [7, 11) is 1.98. The second kappa shape index (κ2) is 9.39. The molecule has 0 fully saturated rings. The Bertz CT molecular complexity index is 325. The summed E-state index contributed by atoms with van der Waals surface area (Å²) in [5, 5.41) is 9.18. The van der Waals surface area contributed by atoms with Gasteiger partial charge in [-0.05, 0) is 6.42 Å². The number of nitrogens with two attached hydrogens (primary N) is 1. The summed E-state index contributed by atoms with van der Waals surface area (Å²) in [6.07, 6.45) is 9.46. The Morgan fingerprint density at radius 3 is 2.33 bits per heavy atom. The zero-order chi connectivity index (χ0) is 13.2. The fourth-order valence-electron chi connectivity index (χ4n) is 1.87. The number of hydrogen-bond donors (Lipinski definition) is 1. The van der Waals surface area contributed by atoms with E-state index in [1.807, 2.05) is 11.6 Å². The molecular formula is C13H26N4S. The molecule has 0 saturated heterocycles. The van der Waals surface area contributed by atoms with Gasteiger partial charge in [0.25, 0.3) is 0 Å². The first-order valence-electron chi connectivity index (χ1n) is 7.00. The lowest BCUT2D eigenvalue weighted by atomic mass is 10.1. The largest absolute Gasteiger partial charge is 0.324 e. The van der Waals surface area contributed by atoms with Gasteiger partial charge in [-0.3, -0.25) is 0 Å². The van der Waals surface area contributed by atoms with Crippen LogP contribution in [-0.2, 0) is 13.6 Å². The van der Waals surface area contributed by atoms with E-state index in [4.69, 9.17) is 5.73 Å². The molecule has 0 bridgehead atoms. The van der Waals surface area contributed by atoms with E-state index in [9.17, 15) is 0 Å². The molecule has 5 heteroatoms. The summed E-state index contributed by atoms with van der Waals surface area (Å²) in [5.74, 6) is 1.99. The Balaban J connectivity index is 2.05. The number of hydrogen-bond acceptors (Lipinski definition) is 4. The normalized spacial score (nSPS) is 11.1. The Hall–Kier alpha value is -0.550. The van der Waals surface area contributed by atoms with E-state index in [0.29, 0.717) is 6.54 Å². The van der Waals surface area contributed by atoms with Crippen molar-refractivity contribution >= 4 is 11.8 Å². The minimum atomic E-state index is 0.460. The number of rotatable bonds is 10. The molecule has 0 aliphatic rings. The molecule has 0 spiro atoms. The van der Waals surface area contributed by atoms with Gasteiger partial charge < -0.3 is 10.3 Å². The highest BCUT2D eigenvalue weighted by molar-refractivity contribution is 7.99. The maximum Gasteiger partial charge on any atom is 0.190 e. The van der Waals surface area contributed by atoms with E-state index in [1.165, 1.54) is 44.9 Å². The molecule has 104 valence electrons. The zero-order valence-corrected chi connectivity index (χ0v) is 12.5. The third-order valence-electron chi connectivity index (χ3n) is 3.09. The second-order valence-electron chi connectivity index (χ2n) is 4.63. The SMILES string of the molecule is CCCCCCCCCSc1nnc(CN)n1C. The van der Waals surface area contributed by atoms with Gasteiger partial charge in [0.15, 0.2) is 5.16 Å². The maximum atomic E-state index is 5.57. The van der Waals surface area contributed by atoms with E-state index in [2.05, 4.69) is 17.1 Å². The molecule has 0 aliphatic heterocycles. The van der Waals surface area contributed by atoms with Gasteiger partial charge in [0, 0.05) is 12.8 Å². The molecule has 2 N–H and O–H groups in total. The predicted molar refractivity (Wildman–Crippen MR) is 77.6 cm³/mol. The molecule has 1 heterocycles. The first-order chi connectivity index (χ1) is 8.79. The fraction of sp³-hybridized carbons (Fsp3) is 0.846. The van der Waals surface area contributed by atoms with Crippen LogP contribution in [0.3, 0.4) is 0 Å². The van der Waals surface area contributed by atoms with Crippen LogP contribution in [0, 0.1) is 0 Å². The third-order valence-corrected chi connectivity index (χ3v) is 4.19. The lowest BCUT2D eigenvalue weighted by Gasteiger charge is -2.02. The van der Waals surface area contributed by atoms with Gasteiger partial charge in [0.2, 0.25) is 0 Å². The van der Waals surface area contributed by atoms with E-state index >= 15 is 0 Å². The van der Waals surface area contributed by atoms with Crippen molar-refractivity contribution in [3.63, 3.8) is 0 Å². The molecule has 1 rings (SSSR count). The van der Waals surface area contributed by atoms with Crippen LogP contribution >= 0.6 is 11.8 Å². The Morgan fingerprint density at radius 2 is 1.72 bits per heavy atom. The van der Waals surface area contributed by atoms with E-state index in [0.717, 1.165) is 16.7 Å². The summed E-state index contributed by atoms with van der Waals surface area (Å²) < 4.78 is 1.99. The van der Waals surface area contributed by atoms with Crippen molar-refractivity contribution in [1.29, 1.82) is 0 Å². The summed E-state index contributed by atoms with van der Waals surface area (Å²) >= 11 is 1.79. The van der Waals surface area contributed by atoms with Crippen LogP contribution in [0.15, 0.2) is 5.16 Å². The van der Waals surface area contributed by atoms with Crippen LogP contribution in [0.4, 0.5) is 0 Å². The lowest BCUT2D eigenvalue weighted by Crippen LogP contribution is -2.05. The van der Waals surface area contributed by atoms with Gasteiger partial charge in [0.1, 0.15) is 5.82 Å². The fourth-order valence-corrected chi connectivity index (χ4v) is 2.80. The molecule has 0 amide bonds. The van der Waals surface area contributed by atoms with Crippen LogP contribution in [0.2, 0.25) is 0 Å². The molecular weight excluding hydrogens is 244 g/mol. The Kier molecular flexibility index (Phi) is 8.09. The number of unbranched alkanes of at least 4 members (excludes halogenated alkanes) is 6. The number of nitrogens with zero attached hydrogens (tertiary/aromatic N) is 3. The van der Waals surface area contributed by atoms with Gasteiger partial charge in [-0.2, -0.15) is 0 Å². The summed E-state index contributed by atoms with van der Waals surface area (Å²) in [6.45, 7) is 2.72. The van der Waals surface area contributed by atoms with Gasteiger partial charge in [-0.15, -0.1) is 10.2 Å². The van der Waals surface area contributed by atoms with E-state index in [1.54, 1.807) is 11.8 Å². The summed E-state index contributed by atoms with van der Waals surface area (Å²) in [5.41, 5.74) is 5.57. The molecule has 1 aromatic rings. The molecule has 1 aromatic heterocycles. The molecule has 0 saturated carbocycles. The van der Waals surface area contributed by atoms with Crippen LogP contribution in [-0.4, -0.2) is 20.5 Å². The minimum absolute atomic E-state index is 0.460. The Labute approximate surface area is 115 Å². The maximum absolute atomic E-state index is 5.57. The first-order valence-corrected chi connectivity index (χ1v) is 7.99. The molecule has 0 atom stereocenters. The van der Waals surface area contributed by atoms with Crippen molar-refractivity contribution in [1.82, 2.24) is 14.8 Å².